The summed E-state index contributed by atoms with van der Waals surface area (Å²) < 4.78 is 29.7. The molecule has 8 heteroatoms. The van der Waals surface area contributed by atoms with Crippen LogP contribution in [0.2, 0.25) is 0 Å². The molecule has 110 valence electrons. The van der Waals surface area contributed by atoms with Crippen molar-refractivity contribution in [1.29, 1.82) is 0 Å². The zero-order valence-electron chi connectivity index (χ0n) is 11.6. The highest BCUT2D eigenvalue weighted by molar-refractivity contribution is 7.80. The highest BCUT2D eigenvalue weighted by atomic mass is 32.3. The molecule has 0 spiro atoms. The minimum absolute atomic E-state index is 0.383. The summed E-state index contributed by atoms with van der Waals surface area (Å²) in [4.78, 5) is 12.2. The predicted molar refractivity (Wildman–Crippen MR) is 71.4 cm³/mol. The zero-order chi connectivity index (χ0) is 15.4. The largest absolute Gasteiger partial charge is 0.397 e. The third kappa shape index (κ3) is 36.3. The summed E-state index contributed by atoms with van der Waals surface area (Å²) in [6.45, 7) is 5.45. The molecule has 0 saturated carbocycles. The van der Waals surface area contributed by atoms with Gasteiger partial charge >= 0.3 is 10.4 Å². The van der Waals surface area contributed by atoms with Crippen molar-refractivity contribution >= 4 is 16.3 Å². The molecule has 0 aliphatic rings. The summed E-state index contributed by atoms with van der Waals surface area (Å²) in [6.07, 6.45) is 1.65. The molecule has 18 heavy (non-hydrogen) atoms. The van der Waals surface area contributed by atoms with Crippen molar-refractivity contribution in [2.75, 3.05) is 28.3 Å². The lowest BCUT2D eigenvalue weighted by molar-refractivity contribution is -0.114. The van der Waals surface area contributed by atoms with Gasteiger partial charge in [-0.05, 0) is 27.6 Å². The van der Waals surface area contributed by atoms with Crippen LogP contribution in [-0.4, -0.2) is 52.0 Å². The molecule has 0 aromatic heterocycles. The summed E-state index contributed by atoms with van der Waals surface area (Å²) in [5, 5.41) is 0. The van der Waals surface area contributed by atoms with Gasteiger partial charge in [0.2, 0.25) is 5.91 Å². The lowest BCUT2D eigenvalue weighted by Gasteiger charge is -1.93. The summed E-state index contributed by atoms with van der Waals surface area (Å²) >= 11 is 0. The van der Waals surface area contributed by atoms with Crippen molar-refractivity contribution in [2.24, 2.45) is 5.73 Å². The summed E-state index contributed by atoms with van der Waals surface area (Å²) in [7, 11) is 2.71. The zero-order valence-corrected chi connectivity index (χ0v) is 12.5. The van der Waals surface area contributed by atoms with Crippen molar-refractivity contribution in [1.82, 2.24) is 4.90 Å². The van der Waals surface area contributed by atoms with E-state index in [9.17, 15) is 13.2 Å². The summed E-state index contributed by atoms with van der Waals surface area (Å²) in [5.74, 6) is -0.383. The van der Waals surface area contributed by atoms with E-state index in [0.717, 1.165) is 20.0 Å². The molecule has 0 bridgehead atoms. The van der Waals surface area contributed by atoms with Gasteiger partial charge in [0.1, 0.15) is 0 Å². The molecule has 0 aromatic rings. The van der Waals surface area contributed by atoms with Crippen LogP contribution in [0.5, 0.6) is 0 Å². The SMILES string of the molecule is C=C(CCC)C(N)=O.CN(C)C.COS(=O)(=O)O. The number of nitrogens with zero attached hydrogens (tertiary/aromatic N) is 1. The predicted octanol–water partition coefficient (Wildman–Crippen LogP) is 0.441. The molecule has 1 amide bonds. The molecule has 7 nitrogen and oxygen atoms in total. The van der Waals surface area contributed by atoms with Crippen molar-refractivity contribution in [2.45, 2.75) is 19.8 Å². The number of nitrogens with two attached hydrogens (primary N) is 1. The van der Waals surface area contributed by atoms with E-state index in [-0.39, 0.29) is 5.91 Å². The van der Waals surface area contributed by atoms with Gasteiger partial charge < -0.3 is 10.6 Å². The number of hydrogen-bond donors (Lipinski definition) is 2. The number of primary amides is 1. The molecule has 0 aromatic carbocycles. The first-order valence-corrected chi connectivity index (χ1v) is 6.45. The minimum Gasteiger partial charge on any atom is -0.366 e. The molecule has 0 atom stereocenters. The van der Waals surface area contributed by atoms with E-state index in [4.69, 9.17) is 10.3 Å². The Balaban J connectivity index is -0.000000200. The van der Waals surface area contributed by atoms with E-state index in [1.165, 1.54) is 0 Å². The van der Waals surface area contributed by atoms with Gasteiger partial charge in [-0.25, -0.2) is 0 Å². The Hall–Kier alpha value is -0.960. The van der Waals surface area contributed by atoms with Crippen LogP contribution in [-0.2, 0) is 19.4 Å². The van der Waals surface area contributed by atoms with Gasteiger partial charge in [0.05, 0.1) is 7.11 Å². The second kappa shape index (κ2) is 12.5. The molecule has 0 heterocycles. The molecule has 3 N–H and O–H groups in total. The van der Waals surface area contributed by atoms with Crippen LogP contribution in [0.4, 0.5) is 0 Å². The van der Waals surface area contributed by atoms with Crippen LogP contribution in [0.1, 0.15) is 19.8 Å². The topological polar surface area (TPSA) is 110 Å². The maximum Gasteiger partial charge on any atom is 0.397 e. The average Bonchev–Trinajstić information content (AvgIpc) is 2.17. The van der Waals surface area contributed by atoms with Crippen molar-refractivity contribution in [3.63, 3.8) is 0 Å². The van der Waals surface area contributed by atoms with Crippen LogP contribution < -0.4 is 5.73 Å². The van der Waals surface area contributed by atoms with E-state index in [0.29, 0.717) is 5.57 Å². The van der Waals surface area contributed by atoms with Gasteiger partial charge in [-0.3, -0.25) is 13.5 Å². The maximum atomic E-state index is 10.2. The normalized spacial score (nSPS) is 9.72. The van der Waals surface area contributed by atoms with Gasteiger partial charge in [-0.2, -0.15) is 8.42 Å². The van der Waals surface area contributed by atoms with Gasteiger partial charge in [0.25, 0.3) is 0 Å². The number of rotatable bonds is 4. The fourth-order valence-corrected chi connectivity index (χ4v) is 0.425. The fraction of sp³-hybridized carbons (Fsp3) is 0.700. The number of carbonyl (C=O) groups is 1. The van der Waals surface area contributed by atoms with Gasteiger partial charge in [-0.15, -0.1) is 0 Å². The van der Waals surface area contributed by atoms with Crippen LogP contribution in [0.15, 0.2) is 12.2 Å². The van der Waals surface area contributed by atoms with Gasteiger partial charge in [0, 0.05) is 5.57 Å². The Morgan fingerprint density at radius 3 is 1.72 bits per heavy atom. The highest BCUT2D eigenvalue weighted by Crippen LogP contribution is 1.98. The minimum atomic E-state index is -4.16. The second-order valence-corrected chi connectivity index (χ2v) is 4.84. The Kier molecular flexibility index (Phi) is 15.4. The molecule has 0 saturated heterocycles. The maximum absolute atomic E-state index is 10.2. The van der Waals surface area contributed by atoms with Crippen LogP contribution in [0.3, 0.4) is 0 Å². The Morgan fingerprint density at radius 2 is 1.67 bits per heavy atom. The molecule has 0 aliphatic heterocycles. The first kappa shape index (κ1) is 22.2. The van der Waals surface area contributed by atoms with E-state index >= 15 is 0 Å². The molecule has 0 unspecified atom stereocenters. The van der Waals surface area contributed by atoms with Crippen LogP contribution >= 0.6 is 0 Å². The highest BCUT2D eigenvalue weighted by Gasteiger charge is 1.96. The second-order valence-electron chi connectivity index (χ2n) is 3.65. The number of hydrogen-bond acceptors (Lipinski definition) is 5. The monoisotopic (exact) mass is 284 g/mol. The average molecular weight is 284 g/mol. The molecule has 0 aliphatic carbocycles. The first-order chi connectivity index (χ1) is 7.97. The Labute approximate surface area is 110 Å². The first-order valence-electron chi connectivity index (χ1n) is 5.09. The molecular formula is C10H24N2O5S. The van der Waals surface area contributed by atoms with Crippen LogP contribution in [0, 0.1) is 0 Å². The molecule has 0 fully saturated rings. The van der Waals surface area contributed by atoms with Gasteiger partial charge in [-0.1, -0.05) is 19.9 Å². The van der Waals surface area contributed by atoms with E-state index in [2.05, 4.69) is 10.8 Å². The van der Waals surface area contributed by atoms with Crippen LogP contribution in [0.25, 0.3) is 0 Å². The molecule has 0 rings (SSSR count). The van der Waals surface area contributed by atoms with Gasteiger partial charge in [0.15, 0.2) is 0 Å². The third-order valence-corrected chi connectivity index (χ3v) is 1.53. The summed E-state index contributed by atoms with van der Waals surface area (Å²) in [5.41, 5.74) is 5.40. The molecule has 0 radical (unpaired) electrons. The lowest BCUT2D eigenvalue weighted by atomic mass is 10.2. The van der Waals surface area contributed by atoms with Crippen molar-refractivity contribution in [3.8, 4) is 0 Å². The van der Waals surface area contributed by atoms with Crippen molar-refractivity contribution in [3.05, 3.63) is 12.2 Å². The Bertz CT molecular complexity index is 322. The lowest BCUT2D eigenvalue weighted by Crippen LogP contribution is -2.12. The standard InChI is InChI=1S/C6H11NO.C3H9N.CH4O4S/c1-3-4-5(2)6(7)8;1-4(2)3;1-5-6(2,3)4/h2-4H2,1H3,(H2,7,8);1-3H3;1H3,(H,2,3,4). The number of amides is 1. The number of carbonyl (C=O) groups excluding carboxylic acids is 1. The Morgan fingerprint density at radius 1 is 1.39 bits per heavy atom. The summed E-state index contributed by atoms with van der Waals surface area (Å²) in [6, 6.07) is 0. The van der Waals surface area contributed by atoms with E-state index in [1.807, 2.05) is 33.0 Å². The fourth-order valence-electron chi connectivity index (χ4n) is 0.425. The molecular weight excluding hydrogens is 260 g/mol. The smallest absolute Gasteiger partial charge is 0.366 e. The van der Waals surface area contributed by atoms with E-state index < -0.39 is 10.4 Å². The van der Waals surface area contributed by atoms with Crippen molar-refractivity contribution < 1.29 is 21.9 Å². The van der Waals surface area contributed by atoms with E-state index in [1.54, 1.807) is 0 Å². The third-order valence-electron chi connectivity index (χ3n) is 1.11. The quantitative estimate of drug-likeness (QED) is 0.572.